The average Bonchev–Trinajstić information content (AvgIpc) is 2.85. The Bertz CT molecular complexity index is 1400. The van der Waals surface area contributed by atoms with Crippen LogP contribution in [0.3, 0.4) is 0 Å². The average molecular weight is 466 g/mol. The number of rotatable bonds is 2. The first-order chi connectivity index (χ1) is 15.9. The second-order valence-corrected chi connectivity index (χ2v) is 8.19. The summed E-state index contributed by atoms with van der Waals surface area (Å²) in [4.78, 5) is 6.73. The van der Waals surface area contributed by atoms with Crippen molar-refractivity contribution in [3.8, 4) is 11.1 Å². The summed E-state index contributed by atoms with van der Waals surface area (Å²) in [5.41, 5.74) is -0.124. The Morgan fingerprint density at radius 1 is 0.636 bits per heavy atom. The van der Waals surface area contributed by atoms with Gasteiger partial charge in [0.25, 0.3) is 0 Å². The summed E-state index contributed by atoms with van der Waals surface area (Å²) >= 11 is 1.47. The Balaban J connectivity index is 1.90. The first kappa shape index (κ1) is 21.0. The smallest absolute Gasteiger partial charge is 0.211 e. The first-order valence-corrected chi connectivity index (χ1v) is 10.4. The van der Waals surface area contributed by atoms with Crippen molar-refractivity contribution in [3.05, 3.63) is 107 Å². The molecule has 8 heteroatoms. The number of hydrogen-bond acceptors (Lipinski definition) is 2. The van der Waals surface area contributed by atoms with Crippen molar-refractivity contribution in [3.63, 3.8) is 0 Å². The normalized spacial score (nSPS) is 12.2. The van der Waals surface area contributed by atoms with Gasteiger partial charge in [0.1, 0.15) is 0 Å². The van der Waals surface area contributed by atoms with E-state index >= 15 is 0 Å². The van der Waals surface area contributed by atoms with Crippen LogP contribution in [0.25, 0.3) is 16.0 Å². The molecule has 0 aliphatic carbocycles. The van der Waals surface area contributed by atoms with Gasteiger partial charge in [0.05, 0.1) is 29.2 Å². The second-order valence-electron chi connectivity index (χ2n) is 7.10. The zero-order valence-corrected chi connectivity index (χ0v) is 17.4. The van der Waals surface area contributed by atoms with Crippen molar-refractivity contribution in [2.45, 2.75) is 9.79 Å². The molecule has 0 unspecified atom stereocenters. The molecular formula is C25H11F5N2S. The highest BCUT2D eigenvalue weighted by Gasteiger charge is 2.32. The van der Waals surface area contributed by atoms with Crippen molar-refractivity contribution < 1.29 is 22.0 Å². The lowest BCUT2D eigenvalue weighted by molar-refractivity contribution is 0.381. The van der Waals surface area contributed by atoms with Crippen molar-refractivity contribution in [1.29, 1.82) is 0 Å². The molecule has 4 aromatic carbocycles. The van der Waals surface area contributed by atoms with E-state index in [1.165, 1.54) is 30.0 Å². The molecule has 0 atom stereocenters. The monoisotopic (exact) mass is 466 g/mol. The molecule has 1 aliphatic heterocycles. The number of benzene rings is 4. The van der Waals surface area contributed by atoms with Crippen molar-refractivity contribution in [2.75, 3.05) is 4.90 Å². The summed E-state index contributed by atoms with van der Waals surface area (Å²) < 4.78 is 71.6. The van der Waals surface area contributed by atoms with Gasteiger partial charge in [-0.3, -0.25) is 0 Å². The molecule has 0 saturated heterocycles. The van der Waals surface area contributed by atoms with E-state index in [0.29, 0.717) is 11.4 Å². The van der Waals surface area contributed by atoms with Crippen LogP contribution in [-0.4, -0.2) is 0 Å². The lowest BCUT2D eigenvalue weighted by Gasteiger charge is -2.35. The van der Waals surface area contributed by atoms with Gasteiger partial charge in [0, 0.05) is 15.4 Å². The van der Waals surface area contributed by atoms with Crippen LogP contribution in [-0.2, 0) is 0 Å². The van der Waals surface area contributed by atoms with Crippen LogP contribution in [0.2, 0.25) is 0 Å². The summed E-state index contributed by atoms with van der Waals surface area (Å²) in [5, 5.41) is 0. The van der Waals surface area contributed by atoms with E-state index in [-0.39, 0.29) is 16.9 Å². The molecule has 0 bridgehead atoms. The number of hydrogen-bond donors (Lipinski definition) is 0. The maximum atomic E-state index is 14.8. The minimum absolute atomic E-state index is 0.00653. The van der Waals surface area contributed by atoms with Gasteiger partial charge in [-0.05, 0) is 24.3 Å². The summed E-state index contributed by atoms with van der Waals surface area (Å²) in [5.74, 6) is -10.2. The van der Waals surface area contributed by atoms with Crippen LogP contribution in [0.1, 0.15) is 0 Å². The van der Waals surface area contributed by atoms with Crippen LogP contribution in [0, 0.1) is 35.7 Å². The molecule has 5 rings (SSSR count). The topological polar surface area (TPSA) is 7.60 Å². The molecule has 0 aromatic heterocycles. The van der Waals surface area contributed by atoms with E-state index in [0.717, 1.165) is 9.79 Å². The SMILES string of the molecule is [C-]#[N+]c1cccc(-c2c(F)c(F)c(F)c(F)c2F)c1N1c2ccccc2Sc2ccccc21. The summed E-state index contributed by atoms with van der Waals surface area (Å²) in [6.45, 7) is 7.65. The zero-order chi connectivity index (χ0) is 23.3. The molecule has 0 saturated carbocycles. The first-order valence-electron chi connectivity index (χ1n) is 9.62. The lowest BCUT2D eigenvalue weighted by Crippen LogP contribution is -2.16. The van der Waals surface area contributed by atoms with Crippen molar-refractivity contribution in [1.82, 2.24) is 0 Å². The summed E-state index contributed by atoms with van der Waals surface area (Å²) in [6.07, 6.45) is 0. The third kappa shape index (κ3) is 3.16. The molecule has 1 heterocycles. The van der Waals surface area contributed by atoms with E-state index in [1.54, 1.807) is 29.2 Å². The Hall–Kier alpha value is -3.83. The molecule has 0 N–H and O–H groups in total. The fourth-order valence-electron chi connectivity index (χ4n) is 3.85. The van der Waals surface area contributed by atoms with E-state index in [9.17, 15) is 22.0 Å². The Kier molecular flexibility index (Phi) is 5.06. The maximum Gasteiger partial charge on any atom is 0.211 e. The highest BCUT2D eigenvalue weighted by molar-refractivity contribution is 7.99. The van der Waals surface area contributed by atoms with Crippen molar-refractivity contribution in [2.24, 2.45) is 0 Å². The van der Waals surface area contributed by atoms with Crippen LogP contribution in [0.5, 0.6) is 0 Å². The van der Waals surface area contributed by atoms with Gasteiger partial charge < -0.3 is 4.90 Å². The van der Waals surface area contributed by atoms with Gasteiger partial charge in [-0.15, -0.1) is 0 Å². The van der Waals surface area contributed by atoms with E-state index in [4.69, 9.17) is 6.57 Å². The molecule has 1 aliphatic rings. The molecule has 0 fully saturated rings. The predicted octanol–water partition coefficient (Wildman–Crippen LogP) is 8.53. The van der Waals surface area contributed by atoms with Gasteiger partial charge in [-0.1, -0.05) is 54.2 Å². The highest BCUT2D eigenvalue weighted by atomic mass is 32.2. The zero-order valence-electron chi connectivity index (χ0n) is 16.5. The van der Waals surface area contributed by atoms with Gasteiger partial charge in [-0.25, -0.2) is 26.8 Å². The van der Waals surface area contributed by atoms with Gasteiger partial charge in [-0.2, -0.15) is 0 Å². The summed E-state index contributed by atoms with van der Waals surface area (Å²) in [7, 11) is 0. The quantitative estimate of drug-likeness (QED) is 0.111. The fraction of sp³-hybridized carbons (Fsp3) is 0. The van der Waals surface area contributed by atoms with Crippen molar-refractivity contribution >= 4 is 34.5 Å². The maximum absolute atomic E-state index is 14.8. The second kappa shape index (κ2) is 7.94. The molecule has 0 radical (unpaired) electrons. The molecule has 33 heavy (non-hydrogen) atoms. The number of para-hydroxylation sites is 3. The Labute approximate surface area is 189 Å². The fourth-order valence-corrected chi connectivity index (χ4v) is 4.90. The molecular weight excluding hydrogens is 455 g/mol. The third-order valence-corrected chi connectivity index (χ3v) is 6.40. The number of fused-ring (bicyclic) bond motifs is 2. The largest absolute Gasteiger partial charge is 0.317 e. The van der Waals surface area contributed by atoms with Crippen LogP contribution >= 0.6 is 11.8 Å². The molecule has 162 valence electrons. The number of halogens is 5. The highest BCUT2D eigenvalue weighted by Crippen LogP contribution is 2.55. The number of nitrogens with zero attached hydrogens (tertiary/aromatic N) is 2. The third-order valence-electron chi connectivity index (χ3n) is 5.27. The van der Waals surface area contributed by atoms with Gasteiger partial charge >= 0.3 is 0 Å². The standard InChI is InChI=1S/C25H11F5N2S/c1-31-14-8-6-7-13(19-20(26)22(28)24(30)23(29)21(19)27)25(14)32-15-9-2-4-11-17(15)33-18-12-5-3-10-16(18)32/h2-12H. The van der Waals surface area contributed by atoms with E-state index in [1.807, 2.05) is 24.3 Å². The molecule has 0 amide bonds. The van der Waals surface area contributed by atoms with E-state index in [2.05, 4.69) is 4.85 Å². The molecule has 4 aromatic rings. The van der Waals surface area contributed by atoms with Crippen LogP contribution in [0.4, 0.5) is 44.7 Å². The predicted molar refractivity (Wildman–Crippen MR) is 117 cm³/mol. The Morgan fingerprint density at radius 2 is 1.15 bits per heavy atom. The van der Waals surface area contributed by atoms with Gasteiger partial charge in [0.2, 0.25) is 11.5 Å². The Morgan fingerprint density at radius 3 is 1.70 bits per heavy atom. The van der Waals surface area contributed by atoms with Gasteiger partial charge in [0.15, 0.2) is 23.3 Å². The molecule has 2 nitrogen and oxygen atoms in total. The van der Waals surface area contributed by atoms with E-state index < -0.39 is 34.6 Å². The minimum atomic E-state index is -2.23. The molecule has 0 spiro atoms. The lowest BCUT2D eigenvalue weighted by atomic mass is 9.98. The van der Waals surface area contributed by atoms with Crippen LogP contribution < -0.4 is 4.90 Å². The summed E-state index contributed by atoms with van der Waals surface area (Å²) in [6, 6.07) is 18.4. The minimum Gasteiger partial charge on any atom is -0.317 e. The number of anilines is 3. The van der Waals surface area contributed by atoms with Crippen LogP contribution in [0.15, 0.2) is 76.5 Å².